The van der Waals surface area contributed by atoms with Gasteiger partial charge < -0.3 is 10.2 Å². The Morgan fingerprint density at radius 3 is 2.96 bits per heavy atom. The number of nitrogens with zero attached hydrogens (tertiary/aromatic N) is 3. The highest BCUT2D eigenvalue weighted by atomic mass is 16.2. The third-order valence-corrected chi connectivity index (χ3v) is 4.41. The smallest absolute Gasteiger partial charge is 0.320 e. The maximum Gasteiger partial charge on any atom is 0.322 e. The molecule has 0 saturated heterocycles. The van der Waals surface area contributed by atoms with Crippen LogP contribution in [0, 0.1) is 6.92 Å². The van der Waals surface area contributed by atoms with Gasteiger partial charge in [-0.2, -0.15) is 0 Å². The van der Waals surface area contributed by atoms with E-state index in [1.807, 2.05) is 48.2 Å². The zero-order valence-electron chi connectivity index (χ0n) is 13.5. The second-order valence-electron chi connectivity index (χ2n) is 6.06. The lowest BCUT2D eigenvalue weighted by atomic mass is 10.0. The molecule has 4 rings (SSSR count). The second kappa shape index (κ2) is 5.92. The number of benzene rings is 1. The van der Waals surface area contributed by atoms with Crippen LogP contribution in [0.25, 0.3) is 11.0 Å². The minimum atomic E-state index is -0.0683. The summed E-state index contributed by atoms with van der Waals surface area (Å²) in [6.45, 7) is 3.23. The van der Waals surface area contributed by atoms with Crippen LogP contribution >= 0.6 is 0 Å². The van der Waals surface area contributed by atoms with Crippen molar-refractivity contribution in [2.45, 2.75) is 19.9 Å². The number of nitrogens with one attached hydrogen (secondary N) is 1. The Bertz CT molecular complexity index is 922. The van der Waals surface area contributed by atoms with E-state index in [0.29, 0.717) is 13.1 Å². The van der Waals surface area contributed by atoms with E-state index >= 15 is 0 Å². The number of aromatic nitrogens is 2. The highest BCUT2D eigenvalue weighted by Gasteiger charge is 2.22. The summed E-state index contributed by atoms with van der Waals surface area (Å²) in [5.41, 5.74) is 4.83. The highest BCUT2D eigenvalue weighted by Crippen LogP contribution is 2.22. The van der Waals surface area contributed by atoms with E-state index in [-0.39, 0.29) is 6.03 Å². The van der Waals surface area contributed by atoms with Crippen molar-refractivity contribution >= 4 is 22.8 Å². The van der Waals surface area contributed by atoms with Gasteiger partial charge in [-0.05, 0) is 42.3 Å². The molecular weight excluding hydrogens is 300 g/mol. The molecule has 0 fully saturated rings. The average molecular weight is 318 g/mol. The number of urea groups is 1. The van der Waals surface area contributed by atoms with E-state index in [9.17, 15) is 4.79 Å². The second-order valence-corrected chi connectivity index (χ2v) is 6.06. The van der Waals surface area contributed by atoms with Gasteiger partial charge >= 0.3 is 6.03 Å². The van der Waals surface area contributed by atoms with E-state index in [1.54, 1.807) is 6.20 Å². The molecule has 5 heteroatoms. The monoisotopic (exact) mass is 318 g/mol. The SMILES string of the molecule is Cc1ccccc1NC(=O)N1CCc2nc3ncccc3cc2C1. The van der Waals surface area contributed by atoms with Gasteiger partial charge in [0.2, 0.25) is 0 Å². The lowest BCUT2D eigenvalue weighted by molar-refractivity contribution is 0.206. The van der Waals surface area contributed by atoms with Gasteiger partial charge in [0.15, 0.2) is 5.65 Å². The number of hydrogen-bond donors (Lipinski definition) is 1. The lowest BCUT2D eigenvalue weighted by Gasteiger charge is -2.28. The summed E-state index contributed by atoms with van der Waals surface area (Å²) < 4.78 is 0. The van der Waals surface area contributed by atoms with Crippen LogP contribution in [0.5, 0.6) is 0 Å². The number of rotatable bonds is 1. The summed E-state index contributed by atoms with van der Waals surface area (Å²) in [6, 6.07) is 13.7. The van der Waals surface area contributed by atoms with Crippen LogP contribution < -0.4 is 5.32 Å². The quantitative estimate of drug-likeness (QED) is 0.747. The van der Waals surface area contributed by atoms with Crippen LogP contribution in [0.2, 0.25) is 0 Å². The van der Waals surface area contributed by atoms with Crippen LogP contribution in [0.15, 0.2) is 48.7 Å². The molecule has 1 aliphatic rings. The van der Waals surface area contributed by atoms with Crippen molar-refractivity contribution in [3.05, 3.63) is 65.5 Å². The molecule has 0 aliphatic carbocycles. The highest BCUT2D eigenvalue weighted by molar-refractivity contribution is 5.90. The summed E-state index contributed by atoms with van der Waals surface area (Å²) in [4.78, 5) is 23.4. The molecular formula is C19H18N4O. The Morgan fingerprint density at radius 2 is 2.08 bits per heavy atom. The van der Waals surface area contributed by atoms with E-state index in [0.717, 1.165) is 40.0 Å². The van der Waals surface area contributed by atoms with Crippen LogP contribution in [0.3, 0.4) is 0 Å². The van der Waals surface area contributed by atoms with Crippen molar-refractivity contribution in [2.24, 2.45) is 0 Å². The van der Waals surface area contributed by atoms with Gasteiger partial charge in [0, 0.05) is 42.5 Å². The number of anilines is 1. The molecule has 2 aromatic heterocycles. The minimum Gasteiger partial charge on any atom is -0.320 e. The van der Waals surface area contributed by atoms with Crippen molar-refractivity contribution in [2.75, 3.05) is 11.9 Å². The Balaban J connectivity index is 1.56. The molecule has 2 amide bonds. The number of pyridine rings is 2. The number of fused-ring (bicyclic) bond motifs is 2. The molecule has 3 heterocycles. The first-order valence-corrected chi connectivity index (χ1v) is 8.06. The Morgan fingerprint density at radius 1 is 1.21 bits per heavy atom. The molecule has 1 aliphatic heterocycles. The molecule has 1 aromatic carbocycles. The molecule has 0 saturated carbocycles. The molecule has 5 nitrogen and oxygen atoms in total. The molecule has 0 spiro atoms. The maximum absolute atomic E-state index is 12.6. The van der Waals surface area contributed by atoms with Gasteiger partial charge in [-0.15, -0.1) is 0 Å². The van der Waals surface area contributed by atoms with E-state index in [4.69, 9.17) is 0 Å². The van der Waals surface area contributed by atoms with Crippen molar-refractivity contribution in [3.63, 3.8) is 0 Å². The molecule has 120 valence electrons. The number of para-hydroxylation sites is 1. The predicted molar refractivity (Wildman–Crippen MR) is 93.8 cm³/mol. The van der Waals surface area contributed by atoms with Crippen molar-refractivity contribution < 1.29 is 4.79 Å². The van der Waals surface area contributed by atoms with Gasteiger partial charge in [-0.1, -0.05) is 18.2 Å². The maximum atomic E-state index is 12.6. The van der Waals surface area contributed by atoms with Gasteiger partial charge in [0.05, 0.1) is 0 Å². The minimum absolute atomic E-state index is 0.0683. The van der Waals surface area contributed by atoms with Crippen molar-refractivity contribution in [1.29, 1.82) is 0 Å². The standard InChI is InChI=1S/C19H18N4O/c1-13-5-2-3-7-16(13)22-19(24)23-10-8-17-15(12-23)11-14-6-4-9-20-18(14)21-17/h2-7,9,11H,8,10,12H2,1H3,(H,22,24). The summed E-state index contributed by atoms with van der Waals surface area (Å²) in [5.74, 6) is 0. The predicted octanol–water partition coefficient (Wildman–Crippen LogP) is 3.53. The van der Waals surface area contributed by atoms with Crippen molar-refractivity contribution in [1.82, 2.24) is 14.9 Å². The Kier molecular flexibility index (Phi) is 3.61. The topological polar surface area (TPSA) is 58.1 Å². The Labute approximate surface area is 140 Å². The van der Waals surface area contributed by atoms with Crippen LogP contribution in [-0.4, -0.2) is 27.4 Å². The van der Waals surface area contributed by atoms with E-state index in [2.05, 4.69) is 21.4 Å². The molecule has 24 heavy (non-hydrogen) atoms. The Hall–Kier alpha value is -2.95. The van der Waals surface area contributed by atoms with Crippen LogP contribution in [-0.2, 0) is 13.0 Å². The molecule has 0 unspecified atom stereocenters. The van der Waals surface area contributed by atoms with E-state index < -0.39 is 0 Å². The van der Waals surface area contributed by atoms with Crippen LogP contribution in [0.4, 0.5) is 10.5 Å². The third-order valence-electron chi connectivity index (χ3n) is 4.41. The summed E-state index contributed by atoms with van der Waals surface area (Å²) in [7, 11) is 0. The number of aryl methyl sites for hydroxylation is 1. The molecule has 0 bridgehead atoms. The zero-order chi connectivity index (χ0) is 16.5. The first-order valence-electron chi connectivity index (χ1n) is 8.06. The number of hydrogen-bond acceptors (Lipinski definition) is 3. The van der Waals surface area contributed by atoms with Gasteiger partial charge in [0.1, 0.15) is 0 Å². The fourth-order valence-electron chi connectivity index (χ4n) is 3.05. The van der Waals surface area contributed by atoms with Gasteiger partial charge in [0.25, 0.3) is 0 Å². The first-order chi connectivity index (χ1) is 11.7. The molecule has 0 radical (unpaired) electrons. The summed E-state index contributed by atoms with van der Waals surface area (Å²) >= 11 is 0. The zero-order valence-corrected chi connectivity index (χ0v) is 13.5. The average Bonchev–Trinajstić information content (AvgIpc) is 2.61. The number of carbonyl (C=O) groups excluding carboxylic acids is 1. The normalized spacial score (nSPS) is 13.6. The van der Waals surface area contributed by atoms with E-state index in [1.165, 1.54) is 0 Å². The summed E-state index contributed by atoms with van der Waals surface area (Å²) in [5, 5.41) is 4.01. The number of amides is 2. The first kappa shape index (κ1) is 14.6. The molecule has 0 atom stereocenters. The van der Waals surface area contributed by atoms with Gasteiger partial charge in [-0.3, -0.25) is 0 Å². The summed E-state index contributed by atoms with van der Waals surface area (Å²) in [6.07, 6.45) is 2.51. The molecule has 3 aromatic rings. The largest absolute Gasteiger partial charge is 0.322 e. The third kappa shape index (κ3) is 2.69. The lowest BCUT2D eigenvalue weighted by Crippen LogP contribution is -2.39. The van der Waals surface area contributed by atoms with Crippen LogP contribution in [0.1, 0.15) is 16.8 Å². The fraction of sp³-hybridized carbons (Fsp3) is 0.211. The van der Waals surface area contributed by atoms with Crippen molar-refractivity contribution in [3.8, 4) is 0 Å². The van der Waals surface area contributed by atoms with Gasteiger partial charge in [-0.25, -0.2) is 14.8 Å². The fourth-order valence-corrected chi connectivity index (χ4v) is 3.05. The number of carbonyl (C=O) groups is 1. The molecule has 1 N–H and O–H groups in total.